The Morgan fingerprint density at radius 3 is 2.78 bits per heavy atom. The number of carbonyl (C=O) groups is 1. The number of pyridine rings is 2. The van der Waals surface area contributed by atoms with Crippen LogP contribution in [0.15, 0.2) is 48.0 Å². The normalized spacial score (nSPS) is 16.4. The van der Waals surface area contributed by atoms with E-state index in [4.69, 9.17) is 26.3 Å². The third kappa shape index (κ3) is 4.56. The molecule has 12 heteroatoms. The second-order valence-electron chi connectivity index (χ2n) is 11.9. The first kappa shape index (κ1) is 29.0. The number of benzene rings is 1. The second-order valence-corrected chi connectivity index (χ2v) is 12.3. The monoisotopic (exact) mass is 624 g/mol. The Labute approximate surface area is 264 Å². The zero-order valence-electron chi connectivity index (χ0n) is 25.6. The number of hydrogen-bond donors (Lipinski definition) is 1. The van der Waals surface area contributed by atoms with Crippen LogP contribution in [0.25, 0.3) is 38.9 Å². The van der Waals surface area contributed by atoms with Gasteiger partial charge in [0.25, 0.3) is 0 Å². The highest BCUT2D eigenvalue weighted by molar-refractivity contribution is 6.36. The van der Waals surface area contributed by atoms with Crippen molar-refractivity contribution in [2.45, 2.75) is 46.1 Å². The number of ether oxygens (including phenoxy) is 1. The number of carbonyl (C=O) groups excluding carboxylic acids is 1. The fourth-order valence-electron chi connectivity index (χ4n) is 6.62. The van der Waals surface area contributed by atoms with Crippen LogP contribution in [-0.2, 0) is 4.79 Å². The Bertz CT molecular complexity index is 2080. The molecule has 0 saturated carbocycles. The molecule has 6 heterocycles. The van der Waals surface area contributed by atoms with Gasteiger partial charge in [-0.2, -0.15) is 10.1 Å². The van der Waals surface area contributed by atoms with E-state index in [2.05, 4.69) is 26.7 Å². The molecule has 0 spiro atoms. The lowest BCUT2D eigenvalue weighted by Crippen LogP contribution is -2.56. The minimum atomic E-state index is -0.482. The first-order valence-corrected chi connectivity index (χ1v) is 15.4. The van der Waals surface area contributed by atoms with Crippen molar-refractivity contribution >= 4 is 45.3 Å². The molecule has 1 N–H and O–H groups in total. The predicted molar refractivity (Wildman–Crippen MR) is 175 cm³/mol. The van der Waals surface area contributed by atoms with Crippen LogP contribution in [-0.4, -0.2) is 72.8 Å². The van der Waals surface area contributed by atoms with Crippen molar-refractivity contribution < 1.29 is 9.53 Å². The number of aromatic amines is 1. The number of hydrogen-bond acceptors (Lipinski definition) is 8. The SMILES string of the molecule is C=CC(=O)N1CCN2c3nc(=O)n(-c4c(C)ccnc4C(C)C)c4nc(-c5c(C)ccc6[nH]ncc56)c(Cl)c(c34)OCCC2C1. The van der Waals surface area contributed by atoms with Gasteiger partial charge in [0.1, 0.15) is 16.2 Å². The lowest BCUT2D eigenvalue weighted by Gasteiger charge is -2.43. The van der Waals surface area contributed by atoms with Crippen molar-refractivity contribution in [3.8, 4) is 22.7 Å². The van der Waals surface area contributed by atoms with Crippen molar-refractivity contribution in [2.24, 2.45) is 0 Å². The molecule has 1 saturated heterocycles. The summed E-state index contributed by atoms with van der Waals surface area (Å²) in [5.41, 5.74) is 5.22. The number of amides is 1. The molecular weight excluding hydrogens is 592 g/mol. The molecule has 4 aromatic heterocycles. The van der Waals surface area contributed by atoms with E-state index in [0.29, 0.717) is 71.7 Å². The first-order valence-electron chi connectivity index (χ1n) is 15.1. The number of halogens is 1. The third-order valence-corrected chi connectivity index (χ3v) is 9.19. The van der Waals surface area contributed by atoms with Gasteiger partial charge in [-0.05, 0) is 49.1 Å². The molecule has 11 nitrogen and oxygen atoms in total. The van der Waals surface area contributed by atoms with E-state index < -0.39 is 5.69 Å². The number of aryl methyl sites for hydroxylation is 2. The fraction of sp³-hybridized carbons (Fsp3) is 0.333. The molecule has 0 aliphatic carbocycles. The molecule has 0 bridgehead atoms. The van der Waals surface area contributed by atoms with E-state index in [9.17, 15) is 9.59 Å². The number of nitrogens with one attached hydrogen (secondary N) is 1. The Morgan fingerprint density at radius 1 is 1.18 bits per heavy atom. The van der Waals surface area contributed by atoms with Crippen LogP contribution in [0.1, 0.15) is 43.0 Å². The van der Waals surface area contributed by atoms with Crippen LogP contribution in [0.3, 0.4) is 0 Å². The van der Waals surface area contributed by atoms with Gasteiger partial charge in [0.15, 0.2) is 11.4 Å². The summed E-state index contributed by atoms with van der Waals surface area (Å²) in [6, 6.07) is 5.71. The zero-order chi connectivity index (χ0) is 31.6. The first-order chi connectivity index (χ1) is 21.7. The van der Waals surface area contributed by atoms with Crippen molar-refractivity contribution in [3.05, 3.63) is 75.6 Å². The number of fused-ring (bicyclic) bond motifs is 3. The van der Waals surface area contributed by atoms with Gasteiger partial charge >= 0.3 is 5.69 Å². The molecular formula is C33H33ClN8O3. The summed E-state index contributed by atoms with van der Waals surface area (Å²) in [7, 11) is 0. The molecule has 1 fully saturated rings. The molecule has 7 rings (SSSR count). The smallest absolute Gasteiger partial charge is 0.355 e. The molecule has 1 amide bonds. The highest BCUT2D eigenvalue weighted by atomic mass is 35.5. The number of H-pyrrole nitrogens is 1. The standard InChI is InChI=1S/C33H33ClN8O3/c1-6-23(43)40-12-13-41-20(16-40)10-14-45-30-25-31(41)38-33(44)42(29-19(5)9-11-35-27(29)17(2)3)32(25)37-28(26(30)34)24-18(4)7-8-22-21(24)15-36-39-22/h6-9,11,15,17,20H,1,10,12-14,16H2,2-5H3,(H,36,39). The van der Waals surface area contributed by atoms with E-state index in [-0.39, 0.29) is 17.9 Å². The quantitative estimate of drug-likeness (QED) is 0.274. The maximum atomic E-state index is 14.3. The van der Waals surface area contributed by atoms with Crippen LogP contribution < -0.4 is 15.3 Å². The van der Waals surface area contributed by atoms with Crippen LogP contribution >= 0.6 is 11.6 Å². The minimum Gasteiger partial charge on any atom is -0.491 e. The highest BCUT2D eigenvalue weighted by Gasteiger charge is 2.36. The summed E-state index contributed by atoms with van der Waals surface area (Å²) >= 11 is 7.28. The minimum absolute atomic E-state index is 0.0182. The van der Waals surface area contributed by atoms with Crippen molar-refractivity contribution in [1.82, 2.24) is 34.6 Å². The Balaban J connectivity index is 1.59. The maximum Gasteiger partial charge on any atom is 0.355 e. The molecule has 230 valence electrons. The van der Waals surface area contributed by atoms with Gasteiger partial charge < -0.3 is 14.5 Å². The predicted octanol–water partition coefficient (Wildman–Crippen LogP) is 5.10. The van der Waals surface area contributed by atoms with E-state index >= 15 is 0 Å². The van der Waals surface area contributed by atoms with Crippen LogP contribution in [0.5, 0.6) is 5.75 Å². The summed E-state index contributed by atoms with van der Waals surface area (Å²) in [6.45, 7) is 13.4. The van der Waals surface area contributed by atoms with E-state index in [1.165, 1.54) is 6.08 Å². The molecule has 1 aromatic carbocycles. The molecule has 1 atom stereocenters. The molecule has 45 heavy (non-hydrogen) atoms. The number of rotatable bonds is 4. The van der Waals surface area contributed by atoms with Gasteiger partial charge in [0, 0.05) is 43.2 Å². The van der Waals surface area contributed by atoms with Gasteiger partial charge in [-0.25, -0.2) is 14.3 Å². The van der Waals surface area contributed by atoms with E-state index in [0.717, 1.165) is 33.3 Å². The zero-order valence-corrected chi connectivity index (χ0v) is 26.4. The molecule has 1 unspecified atom stereocenters. The Hall–Kier alpha value is -4.77. The van der Waals surface area contributed by atoms with Crippen molar-refractivity contribution in [1.29, 1.82) is 0 Å². The average Bonchev–Trinajstić information content (AvgIpc) is 3.49. The Kier molecular flexibility index (Phi) is 7.07. The van der Waals surface area contributed by atoms with E-state index in [1.807, 2.05) is 45.9 Å². The third-order valence-electron chi connectivity index (χ3n) is 8.84. The summed E-state index contributed by atoms with van der Waals surface area (Å²) in [6.07, 6.45) is 5.43. The van der Waals surface area contributed by atoms with Gasteiger partial charge in [-0.1, -0.05) is 38.1 Å². The molecule has 0 radical (unpaired) electrons. The summed E-state index contributed by atoms with van der Waals surface area (Å²) in [5, 5.41) is 9.04. The second kappa shape index (κ2) is 11.0. The van der Waals surface area contributed by atoms with Gasteiger partial charge in [0.05, 0.1) is 41.4 Å². The number of nitrogens with zero attached hydrogens (tertiary/aromatic N) is 7. The van der Waals surface area contributed by atoms with Crippen molar-refractivity contribution in [2.75, 3.05) is 31.1 Å². The van der Waals surface area contributed by atoms with Crippen LogP contribution in [0.4, 0.5) is 5.82 Å². The van der Waals surface area contributed by atoms with Crippen LogP contribution in [0, 0.1) is 13.8 Å². The topological polar surface area (TPSA) is 122 Å². The average molecular weight is 625 g/mol. The number of anilines is 1. The molecule has 2 aliphatic rings. The number of aromatic nitrogens is 6. The lowest BCUT2D eigenvalue weighted by atomic mass is 9.99. The Morgan fingerprint density at radius 2 is 2.00 bits per heavy atom. The number of piperazine rings is 1. The summed E-state index contributed by atoms with van der Waals surface area (Å²) < 4.78 is 8.08. The summed E-state index contributed by atoms with van der Waals surface area (Å²) in [4.78, 5) is 45.3. The maximum absolute atomic E-state index is 14.3. The molecule has 5 aromatic rings. The van der Waals surface area contributed by atoms with Gasteiger partial charge in [-0.15, -0.1) is 0 Å². The fourth-order valence-corrected chi connectivity index (χ4v) is 6.91. The largest absolute Gasteiger partial charge is 0.491 e. The molecule has 2 aliphatic heterocycles. The van der Waals surface area contributed by atoms with Gasteiger partial charge in [0.2, 0.25) is 5.91 Å². The van der Waals surface area contributed by atoms with Crippen LogP contribution in [0.2, 0.25) is 5.02 Å². The summed E-state index contributed by atoms with van der Waals surface area (Å²) in [5.74, 6) is 0.759. The highest BCUT2D eigenvalue weighted by Crippen LogP contribution is 2.46. The van der Waals surface area contributed by atoms with Crippen molar-refractivity contribution in [3.63, 3.8) is 0 Å². The van der Waals surface area contributed by atoms with Gasteiger partial charge in [-0.3, -0.25) is 14.9 Å². The lowest BCUT2D eigenvalue weighted by molar-refractivity contribution is -0.126. The van der Waals surface area contributed by atoms with E-state index in [1.54, 1.807) is 21.9 Å².